The van der Waals surface area contributed by atoms with Gasteiger partial charge in [0.25, 0.3) is 0 Å². The Balaban J connectivity index is 0.00000161. The molecule has 5 heteroatoms. The van der Waals surface area contributed by atoms with Crippen molar-refractivity contribution in [3.63, 3.8) is 0 Å². The summed E-state index contributed by atoms with van der Waals surface area (Å²) < 4.78 is 11.5. The summed E-state index contributed by atoms with van der Waals surface area (Å²) in [6.07, 6.45) is 3.50. The zero-order valence-electron chi connectivity index (χ0n) is 12.3. The SMILES string of the molecule is CC(=O)OC1c2ccccc2OCC1N1CCCCC1.Cl. The molecule has 3 rings (SSSR count). The smallest absolute Gasteiger partial charge is 0.303 e. The zero-order chi connectivity index (χ0) is 13.9. The molecule has 0 N–H and O–H groups in total. The van der Waals surface area contributed by atoms with Gasteiger partial charge < -0.3 is 9.47 Å². The van der Waals surface area contributed by atoms with Gasteiger partial charge in [0.1, 0.15) is 18.5 Å². The molecule has 2 atom stereocenters. The molecule has 0 aromatic heterocycles. The summed E-state index contributed by atoms with van der Waals surface area (Å²) in [5.41, 5.74) is 0.990. The van der Waals surface area contributed by atoms with Crippen LogP contribution < -0.4 is 4.74 Å². The van der Waals surface area contributed by atoms with Crippen molar-refractivity contribution in [2.45, 2.75) is 38.3 Å². The predicted molar refractivity (Wildman–Crippen MR) is 82.9 cm³/mol. The molecule has 1 fully saturated rings. The highest BCUT2D eigenvalue weighted by Gasteiger charge is 2.37. The van der Waals surface area contributed by atoms with Crippen LogP contribution in [0, 0.1) is 0 Å². The Kier molecular flexibility index (Phi) is 5.48. The minimum atomic E-state index is -0.228. The van der Waals surface area contributed by atoms with Gasteiger partial charge in [0.05, 0.1) is 6.04 Å². The largest absolute Gasteiger partial charge is 0.491 e. The Bertz CT molecular complexity index is 488. The zero-order valence-corrected chi connectivity index (χ0v) is 13.1. The van der Waals surface area contributed by atoms with Gasteiger partial charge in [-0.05, 0) is 32.0 Å². The number of para-hydroxylation sites is 1. The third kappa shape index (κ3) is 3.50. The van der Waals surface area contributed by atoms with Gasteiger partial charge in [-0.3, -0.25) is 9.69 Å². The lowest BCUT2D eigenvalue weighted by molar-refractivity contribution is -0.153. The number of piperidine rings is 1. The van der Waals surface area contributed by atoms with E-state index in [1.807, 2.05) is 24.3 Å². The first-order valence-electron chi connectivity index (χ1n) is 7.39. The minimum Gasteiger partial charge on any atom is -0.491 e. The molecule has 1 aromatic carbocycles. The molecule has 2 heterocycles. The summed E-state index contributed by atoms with van der Waals surface area (Å²) in [6, 6.07) is 7.99. The molecule has 0 bridgehead atoms. The maximum absolute atomic E-state index is 11.5. The van der Waals surface area contributed by atoms with Crippen molar-refractivity contribution < 1.29 is 14.3 Å². The molecule has 2 unspecified atom stereocenters. The highest BCUT2D eigenvalue weighted by molar-refractivity contribution is 5.85. The van der Waals surface area contributed by atoms with Gasteiger partial charge in [-0.25, -0.2) is 0 Å². The number of likely N-dealkylation sites (tertiary alicyclic amines) is 1. The van der Waals surface area contributed by atoms with Crippen LogP contribution in [-0.4, -0.2) is 36.6 Å². The van der Waals surface area contributed by atoms with Crippen molar-refractivity contribution in [3.8, 4) is 5.75 Å². The summed E-state index contributed by atoms with van der Waals surface area (Å²) in [5.74, 6) is 0.612. The van der Waals surface area contributed by atoms with Crippen LogP contribution in [0.1, 0.15) is 37.9 Å². The van der Waals surface area contributed by atoms with E-state index in [0.29, 0.717) is 6.61 Å². The van der Waals surface area contributed by atoms with Crippen LogP contribution in [0.15, 0.2) is 24.3 Å². The van der Waals surface area contributed by atoms with Crippen LogP contribution in [0.5, 0.6) is 5.75 Å². The third-order valence-corrected chi connectivity index (χ3v) is 4.14. The molecule has 0 radical (unpaired) electrons. The molecule has 1 aromatic rings. The number of hydrogen-bond acceptors (Lipinski definition) is 4. The van der Waals surface area contributed by atoms with Crippen LogP contribution in [-0.2, 0) is 9.53 Å². The molecule has 116 valence electrons. The molecular weight excluding hydrogens is 290 g/mol. The van der Waals surface area contributed by atoms with Crippen molar-refractivity contribution in [2.24, 2.45) is 0 Å². The molecule has 0 amide bonds. The maximum atomic E-state index is 11.5. The van der Waals surface area contributed by atoms with Crippen molar-refractivity contribution in [1.29, 1.82) is 0 Å². The lowest BCUT2D eigenvalue weighted by atomic mass is 9.96. The number of nitrogens with zero attached hydrogens (tertiary/aromatic N) is 1. The number of carbonyl (C=O) groups is 1. The fourth-order valence-electron chi connectivity index (χ4n) is 3.18. The van der Waals surface area contributed by atoms with E-state index >= 15 is 0 Å². The van der Waals surface area contributed by atoms with Crippen molar-refractivity contribution in [1.82, 2.24) is 4.90 Å². The highest BCUT2D eigenvalue weighted by atomic mass is 35.5. The van der Waals surface area contributed by atoms with Gasteiger partial charge in [0.15, 0.2) is 0 Å². The number of hydrogen-bond donors (Lipinski definition) is 0. The Morgan fingerprint density at radius 3 is 2.67 bits per heavy atom. The topological polar surface area (TPSA) is 38.8 Å². The molecular formula is C16H22ClNO3. The first-order valence-corrected chi connectivity index (χ1v) is 7.39. The molecule has 0 spiro atoms. The van der Waals surface area contributed by atoms with Crippen molar-refractivity contribution in [3.05, 3.63) is 29.8 Å². The van der Waals surface area contributed by atoms with Gasteiger partial charge in [0.2, 0.25) is 0 Å². The van der Waals surface area contributed by atoms with E-state index in [0.717, 1.165) is 24.4 Å². The second kappa shape index (κ2) is 7.14. The Morgan fingerprint density at radius 1 is 1.24 bits per heavy atom. The first kappa shape index (κ1) is 16.1. The van der Waals surface area contributed by atoms with Crippen molar-refractivity contribution >= 4 is 18.4 Å². The van der Waals surface area contributed by atoms with Gasteiger partial charge in [-0.1, -0.05) is 24.6 Å². The fraction of sp³-hybridized carbons (Fsp3) is 0.562. The van der Waals surface area contributed by atoms with E-state index in [-0.39, 0.29) is 30.5 Å². The molecule has 2 aliphatic heterocycles. The van der Waals surface area contributed by atoms with Gasteiger partial charge in [0, 0.05) is 12.5 Å². The van der Waals surface area contributed by atoms with Crippen LogP contribution in [0.25, 0.3) is 0 Å². The average Bonchev–Trinajstić information content (AvgIpc) is 2.48. The third-order valence-electron chi connectivity index (χ3n) is 4.14. The van der Waals surface area contributed by atoms with Gasteiger partial charge in [-0.15, -0.1) is 12.4 Å². The summed E-state index contributed by atoms with van der Waals surface area (Å²) in [6.45, 7) is 4.20. The van der Waals surface area contributed by atoms with E-state index < -0.39 is 0 Å². The number of benzene rings is 1. The number of esters is 1. The highest BCUT2D eigenvalue weighted by Crippen LogP contribution is 2.37. The monoisotopic (exact) mass is 311 g/mol. The number of halogens is 1. The van der Waals surface area contributed by atoms with Crippen LogP contribution in [0.2, 0.25) is 0 Å². The van der Waals surface area contributed by atoms with Gasteiger partial charge in [-0.2, -0.15) is 0 Å². The molecule has 4 nitrogen and oxygen atoms in total. The normalized spacial score (nSPS) is 25.2. The minimum absolute atomic E-state index is 0. The number of ether oxygens (including phenoxy) is 2. The molecule has 2 aliphatic rings. The number of fused-ring (bicyclic) bond motifs is 1. The first-order chi connectivity index (χ1) is 9.75. The van der Waals surface area contributed by atoms with E-state index in [9.17, 15) is 4.79 Å². The summed E-state index contributed by atoms with van der Waals surface area (Å²) in [5, 5.41) is 0. The molecule has 0 aliphatic carbocycles. The van der Waals surface area contributed by atoms with Crippen molar-refractivity contribution in [2.75, 3.05) is 19.7 Å². The maximum Gasteiger partial charge on any atom is 0.303 e. The Hall–Kier alpha value is -1.26. The van der Waals surface area contributed by atoms with E-state index in [2.05, 4.69) is 4.90 Å². The number of carbonyl (C=O) groups excluding carboxylic acids is 1. The van der Waals surface area contributed by atoms with Crippen LogP contribution in [0.3, 0.4) is 0 Å². The molecule has 21 heavy (non-hydrogen) atoms. The van der Waals surface area contributed by atoms with Crippen LogP contribution >= 0.6 is 12.4 Å². The summed E-state index contributed by atoms with van der Waals surface area (Å²) in [7, 11) is 0. The van der Waals surface area contributed by atoms with E-state index in [1.165, 1.54) is 26.2 Å². The standard InChI is InChI=1S/C16H21NO3.ClH/c1-12(18)20-16-13-7-3-4-8-15(13)19-11-14(16)17-9-5-2-6-10-17;/h3-4,7-8,14,16H,2,5-6,9-11H2,1H3;1H. The van der Waals surface area contributed by atoms with Gasteiger partial charge >= 0.3 is 5.97 Å². The predicted octanol–water partition coefficient (Wildman–Crippen LogP) is 2.96. The van der Waals surface area contributed by atoms with Crippen LogP contribution in [0.4, 0.5) is 0 Å². The lowest BCUT2D eigenvalue weighted by Crippen LogP contribution is -2.49. The fourth-order valence-corrected chi connectivity index (χ4v) is 3.18. The molecule has 0 saturated carbocycles. The Morgan fingerprint density at radius 2 is 1.95 bits per heavy atom. The lowest BCUT2D eigenvalue weighted by Gasteiger charge is -2.41. The number of rotatable bonds is 2. The average molecular weight is 312 g/mol. The molecule has 1 saturated heterocycles. The Labute approximate surface area is 131 Å². The van der Waals surface area contributed by atoms with E-state index in [4.69, 9.17) is 9.47 Å². The second-order valence-electron chi connectivity index (χ2n) is 5.54. The van der Waals surface area contributed by atoms with E-state index in [1.54, 1.807) is 0 Å². The summed E-state index contributed by atoms with van der Waals surface area (Å²) >= 11 is 0. The quantitative estimate of drug-likeness (QED) is 0.787. The summed E-state index contributed by atoms with van der Waals surface area (Å²) in [4.78, 5) is 13.9. The second-order valence-corrected chi connectivity index (χ2v) is 5.54.